The predicted molar refractivity (Wildman–Crippen MR) is 130 cm³/mol. The summed E-state index contributed by atoms with van der Waals surface area (Å²) in [5.41, 5.74) is 1.10. The molecule has 5 heteroatoms. The Hall–Kier alpha value is -1.17. The molecule has 1 saturated carbocycles. The molecule has 0 aromatic heterocycles. The summed E-state index contributed by atoms with van der Waals surface area (Å²) >= 11 is 0. The molecule has 0 aromatic rings. The second-order valence-corrected chi connectivity index (χ2v) is 11.1. The van der Waals surface area contributed by atoms with E-state index in [4.69, 9.17) is 4.74 Å². The zero-order valence-electron chi connectivity index (χ0n) is 21.2. The molecule has 2 N–H and O–H groups in total. The van der Waals surface area contributed by atoms with E-state index in [2.05, 4.69) is 26.0 Å². The fourth-order valence-corrected chi connectivity index (χ4v) is 5.03. The van der Waals surface area contributed by atoms with E-state index in [0.717, 1.165) is 25.7 Å². The number of aliphatic hydroxyl groups is 2. The van der Waals surface area contributed by atoms with Crippen LogP contribution in [-0.4, -0.2) is 59.0 Å². The van der Waals surface area contributed by atoms with Gasteiger partial charge >= 0.3 is 0 Å². The van der Waals surface area contributed by atoms with Gasteiger partial charge in [0.2, 0.25) is 5.91 Å². The normalized spacial score (nSPS) is 27.4. The average Bonchev–Trinajstić information content (AvgIpc) is 3.22. The number of amides is 1. The number of allylic oxidation sites excluding steroid dienone is 1. The molecule has 1 fully saturated rings. The molecular weight excluding hydrogens is 402 g/mol. The highest BCUT2D eigenvalue weighted by Gasteiger charge is 2.43. The summed E-state index contributed by atoms with van der Waals surface area (Å²) in [6.45, 7) is 11.5. The summed E-state index contributed by atoms with van der Waals surface area (Å²) in [6.07, 6.45) is 11.9. The standard InChI is InChI=1S/C27H47NO4/c1-7-8-9-19(2)14-22(29)10-11-23-24-16-20(15-21(24)17-25(23)30)18-32-13-12-26(31)28(6)27(3,4)5/h10-11,15,19,21-25,29-30H,7-9,12-14,16-18H2,1-6H3/b11-10+/t19-,21-,22+,23+,24-,25+/m0/s1. The monoisotopic (exact) mass is 449 g/mol. The molecule has 0 saturated heterocycles. The van der Waals surface area contributed by atoms with Crippen LogP contribution in [0.25, 0.3) is 0 Å². The van der Waals surface area contributed by atoms with Crippen LogP contribution in [0.15, 0.2) is 23.8 Å². The molecule has 32 heavy (non-hydrogen) atoms. The first-order valence-electron chi connectivity index (χ1n) is 12.6. The van der Waals surface area contributed by atoms with Crippen molar-refractivity contribution in [1.29, 1.82) is 0 Å². The first kappa shape index (κ1) is 27.1. The molecule has 0 aliphatic heterocycles. The van der Waals surface area contributed by atoms with Gasteiger partial charge in [-0.1, -0.05) is 51.3 Å². The van der Waals surface area contributed by atoms with Crippen molar-refractivity contribution in [2.75, 3.05) is 20.3 Å². The summed E-state index contributed by atoms with van der Waals surface area (Å²) in [5, 5.41) is 21.0. The molecule has 5 nitrogen and oxygen atoms in total. The van der Waals surface area contributed by atoms with Crippen molar-refractivity contribution in [1.82, 2.24) is 4.90 Å². The maximum absolute atomic E-state index is 12.2. The Kier molecular flexibility index (Phi) is 10.4. The van der Waals surface area contributed by atoms with Crippen molar-refractivity contribution in [3.63, 3.8) is 0 Å². The molecule has 0 radical (unpaired) electrons. The van der Waals surface area contributed by atoms with Gasteiger partial charge in [-0.05, 0) is 63.4 Å². The molecule has 2 aliphatic rings. The molecule has 1 amide bonds. The van der Waals surface area contributed by atoms with E-state index in [0.29, 0.717) is 37.4 Å². The highest BCUT2D eigenvalue weighted by atomic mass is 16.5. The first-order chi connectivity index (χ1) is 15.0. The van der Waals surface area contributed by atoms with Gasteiger partial charge in [-0.15, -0.1) is 0 Å². The van der Waals surface area contributed by atoms with Crippen LogP contribution in [0.2, 0.25) is 0 Å². The number of carbonyl (C=O) groups excluding carboxylic acids is 1. The number of fused-ring (bicyclic) bond motifs is 1. The van der Waals surface area contributed by atoms with E-state index in [1.165, 1.54) is 18.4 Å². The molecule has 0 aromatic carbocycles. The Morgan fingerprint density at radius 3 is 2.75 bits per heavy atom. The lowest BCUT2D eigenvalue weighted by Gasteiger charge is -2.32. The number of unbranched alkanes of at least 4 members (excludes halogenated alkanes) is 1. The molecule has 0 heterocycles. The molecular formula is C27H47NO4. The summed E-state index contributed by atoms with van der Waals surface area (Å²) in [5.74, 6) is 1.48. The first-order valence-corrected chi connectivity index (χ1v) is 12.6. The molecule has 0 spiro atoms. The number of carbonyl (C=O) groups is 1. The van der Waals surface area contributed by atoms with Crippen molar-refractivity contribution >= 4 is 5.91 Å². The Morgan fingerprint density at radius 2 is 2.09 bits per heavy atom. The van der Waals surface area contributed by atoms with Crippen LogP contribution < -0.4 is 0 Å². The van der Waals surface area contributed by atoms with Gasteiger partial charge in [0.25, 0.3) is 0 Å². The topological polar surface area (TPSA) is 70.0 Å². The number of hydrogen-bond acceptors (Lipinski definition) is 4. The smallest absolute Gasteiger partial charge is 0.225 e. The van der Waals surface area contributed by atoms with E-state index >= 15 is 0 Å². The van der Waals surface area contributed by atoms with E-state index in [1.807, 2.05) is 33.9 Å². The van der Waals surface area contributed by atoms with Gasteiger partial charge in [-0.2, -0.15) is 0 Å². The van der Waals surface area contributed by atoms with Crippen molar-refractivity contribution in [3.05, 3.63) is 23.8 Å². The van der Waals surface area contributed by atoms with Crippen LogP contribution in [0, 0.1) is 23.7 Å². The lowest BCUT2D eigenvalue weighted by atomic mass is 9.88. The molecule has 184 valence electrons. The van der Waals surface area contributed by atoms with Gasteiger partial charge < -0.3 is 19.8 Å². The Labute approximate surface area is 195 Å². The van der Waals surface area contributed by atoms with Crippen molar-refractivity contribution in [2.45, 2.75) is 97.3 Å². The Morgan fingerprint density at radius 1 is 1.38 bits per heavy atom. The second kappa shape index (κ2) is 12.3. The molecule has 0 unspecified atom stereocenters. The van der Waals surface area contributed by atoms with Gasteiger partial charge in [-0.25, -0.2) is 0 Å². The molecule has 0 bridgehead atoms. The summed E-state index contributed by atoms with van der Waals surface area (Å²) in [7, 11) is 1.84. The number of nitrogens with zero attached hydrogens (tertiary/aromatic N) is 1. The van der Waals surface area contributed by atoms with Gasteiger partial charge in [0.1, 0.15) is 0 Å². The number of hydrogen-bond donors (Lipinski definition) is 2. The van der Waals surface area contributed by atoms with Crippen molar-refractivity contribution in [3.8, 4) is 0 Å². The summed E-state index contributed by atoms with van der Waals surface area (Å²) in [6, 6.07) is 0. The van der Waals surface area contributed by atoms with Gasteiger partial charge in [0.05, 0.1) is 31.8 Å². The van der Waals surface area contributed by atoms with Crippen LogP contribution in [-0.2, 0) is 9.53 Å². The highest BCUT2D eigenvalue weighted by molar-refractivity contribution is 5.76. The summed E-state index contributed by atoms with van der Waals surface area (Å²) < 4.78 is 5.82. The van der Waals surface area contributed by atoms with Crippen molar-refractivity contribution < 1.29 is 19.7 Å². The third-order valence-electron chi connectivity index (χ3n) is 7.33. The lowest BCUT2D eigenvalue weighted by molar-refractivity contribution is -0.135. The molecule has 2 rings (SSSR count). The Bertz CT molecular complexity index is 651. The van der Waals surface area contributed by atoms with Crippen LogP contribution >= 0.6 is 0 Å². The zero-order chi connectivity index (χ0) is 23.9. The van der Waals surface area contributed by atoms with Crippen molar-refractivity contribution in [2.24, 2.45) is 23.7 Å². The van der Waals surface area contributed by atoms with Gasteiger partial charge in [0, 0.05) is 18.5 Å². The van der Waals surface area contributed by atoms with E-state index in [9.17, 15) is 15.0 Å². The van der Waals surface area contributed by atoms with E-state index < -0.39 is 6.10 Å². The predicted octanol–water partition coefficient (Wildman–Crippen LogP) is 4.73. The number of aliphatic hydroxyl groups excluding tert-OH is 2. The van der Waals surface area contributed by atoms with Gasteiger partial charge in [0.15, 0.2) is 0 Å². The number of rotatable bonds is 12. The van der Waals surface area contributed by atoms with Crippen LogP contribution in [0.5, 0.6) is 0 Å². The average molecular weight is 450 g/mol. The minimum atomic E-state index is -0.436. The SMILES string of the molecule is CCCC[C@H](C)C[C@H](O)/C=C/[C@@H]1[C@H]2CC(COCCC(=O)N(C)C(C)(C)C)=C[C@H]2C[C@H]1O. The largest absolute Gasteiger partial charge is 0.392 e. The quantitative estimate of drug-likeness (QED) is 0.334. The van der Waals surface area contributed by atoms with Crippen LogP contribution in [0.4, 0.5) is 0 Å². The molecule has 2 aliphatic carbocycles. The van der Waals surface area contributed by atoms with E-state index in [1.54, 1.807) is 4.90 Å². The fraction of sp³-hybridized carbons (Fsp3) is 0.815. The fourth-order valence-electron chi connectivity index (χ4n) is 5.03. The maximum Gasteiger partial charge on any atom is 0.225 e. The van der Waals surface area contributed by atoms with E-state index in [-0.39, 0.29) is 23.5 Å². The molecule has 6 atom stereocenters. The minimum absolute atomic E-state index is 0.0939. The van der Waals surface area contributed by atoms with Crippen LogP contribution in [0.3, 0.4) is 0 Å². The third-order valence-corrected chi connectivity index (χ3v) is 7.33. The lowest BCUT2D eigenvalue weighted by Crippen LogP contribution is -2.42. The maximum atomic E-state index is 12.2. The zero-order valence-corrected chi connectivity index (χ0v) is 21.2. The highest BCUT2D eigenvalue weighted by Crippen LogP contribution is 2.47. The minimum Gasteiger partial charge on any atom is -0.392 e. The Balaban J connectivity index is 1.76. The van der Waals surface area contributed by atoms with Gasteiger partial charge in [-0.3, -0.25) is 4.79 Å². The third kappa shape index (κ3) is 8.00. The summed E-state index contributed by atoms with van der Waals surface area (Å²) in [4.78, 5) is 14.0. The number of ether oxygens (including phenoxy) is 1. The van der Waals surface area contributed by atoms with Crippen LogP contribution in [0.1, 0.15) is 79.6 Å². The second-order valence-electron chi connectivity index (χ2n) is 11.1.